The molecule has 0 aliphatic carbocycles. The van der Waals surface area contributed by atoms with Crippen LogP contribution in [0.4, 0.5) is 5.69 Å². The summed E-state index contributed by atoms with van der Waals surface area (Å²) in [4.78, 5) is 15.3. The van der Waals surface area contributed by atoms with E-state index in [1.54, 1.807) is 12.1 Å². The van der Waals surface area contributed by atoms with Gasteiger partial charge in [-0.15, -0.1) is 0 Å². The Labute approximate surface area is 191 Å². The van der Waals surface area contributed by atoms with E-state index in [1.165, 1.54) is 0 Å². The molecule has 5 heteroatoms. The number of anilines is 1. The Kier molecular flexibility index (Phi) is 4.18. The molecule has 33 heavy (non-hydrogen) atoms. The molecular weight excluding hydrogens is 414 g/mol. The van der Waals surface area contributed by atoms with Gasteiger partial charge in [-0.25, -0.2) is 4.79 Å². The second-order valence-electron chi connectivity index (χ2n) is 8.39. The molecule has 2 heterocycles. The van der Waals surface area contributed by atoms with Crippen LogP contribution in [0.25, 0.3) is 10.8 Å². The summed E-state index contributed by atoms with van der Waals surface area (Å²) in [5, 5.41) is 12.4. The van der Waals surface area contributed by atoms with Gasteiger partial charge in [-0.2, -0.15) is 0 Å². The zero-order valence-electron chi connectivity index (χ0n) is 18.5. The Bertz CT molecular complexity index is 1440. The number of esters is 1. The summed E-state index contributed by atoms with van der Waals surface area (Å²) in [6.07, 6.45) is 0. The highest BCUT2D eigenvalue weighted by Crippen LogP contribution is 2.58. The maximum absolute atomic E-state index is 13.0. The average Bonchev–Trinajstić information content (AvgIpc) is 3.14. The highest BCUT2D eigenvalue weighted by molar-refractivity contribution is 6.00. The van der Waals surface area contributed by atoms with E-state index in [9.17, 15) is 9.90 Å². The number of rotatable bonds is 3. The molecule has 4 aromatic carbocycles. The first-order valence-electron chi connectivity index (χ1n) is 11.2. The average molecular weight is 437 g/mol. The molecular formula is C28H23NO4. The van der Waals surface area contributed by atoms with E-state index in [1.807, 2.05) is 60.7 Å². The standard InChI is InChI=1S/C28H23NO4/c1-3-29(4-2)17-13-14-22-25(15-17)32-26-19-10-6-5-9-18(19)24(30)16-23(26)28(22)21-12-8-7-11-20(21)27(31)33-28/h5-16,30H,3-4H2,1-2H3. The molecule has 1 N–H and O–H groups in total. The quantitative estimate of drug-likeness (QED) is 0.401. The first-order chi connectivity index (χ1) is 16.1. The van der Waals surface area contributed by atoms with Crippen molar-refractivity contribution < 1.29 is 19.4 Å². The van der Waals surface area contributed by atoms with Gasteiger partial charge in [0, 0.05) is 46.7 Å². The van der Waals surface area contributed by atoms with Gasteiger partial charge in [0.25, 0.3) is 0 Å². The van der Waals surface area contributed by atoms with Crippen molar-refractivity contribution in [3.05, 3.63) is 95.1 Å². The summed E-state index contributed by atoms with van der Waals surface area (Å²) in [5.74, 6) is 0.977. The predicted molar refractivity (Wildman–Crippen MR) is 127 cm³/mol. The van der Waals surface area contributed by atoms with Gasteiger partial charge in [0.1, 0.15) is 17.2 Å². The van der Waals surface area contributed by atoms with E-state index in [-0.39, 0.29) is 11.7 Å². The van der Waals surface area contributed by atoms with Gasteiger partial charge >= 0.3 is 5.97 Å². The largest absolute Gasteiger partial charge is 0.507 e. The molecule has 2 aliphatic rings. The van der Waals surface area contributed by atoms with Crippen molar-refractivity contribution in [3.8, 4) is 17.2 Å². The number of ether oxygens (including phenoxy) is 2. The van der Waals surface area contributed by atoms with Crippen LogP contribution < -0.4 is 9.64 Å². The fourth-order valence-corrected chi connectivity index (χ4v) is 5.25. The van der Waals surface area contributed by atoms with Crippen molar-refractivity contribution in [2.24, 2.45) is 0 Å². The molecule has 0 saturated carbocycles. The molecule has 0 bridgehead atoms. The van der Waals surface area contributed by atoms with Crippen molar-refractivity contribution in [2.75, 3.05) is 18.0 Å². The summed E-state index contributed by atoms with van der Waals surface area (Å²) < 4.78 is 12.8. The Morgan fingerprint density at radius 3 is 2.36 bits per heavy atom. The predicted octanol–water partition coefficient (Wildman–Crippen LogP) is 5.96. The van der Waals surface area contributed by atoms with Crippen molar-refractivity contribution in [2.45, 2.75) is 19.4 Å². The highest BCUT2D eigenvalue weighted by atomic mass is 16.6. The molecule has 0 radical (unpaired) electrons. The summed E-state index contributed by atoms with van der Waals surface area (Å²) in [6, 6.07) is 22.7. The van der Waals surface area contributed by atoms with Gasteiger partial charge in [0.15, 0.2) is 5.60 Å². The third-order valence-electron chi connectivity index (χ3n) is 6.81. The Morgan fingerprint density at radius 1 is 0.848 bits per heavy atom. The normalized spacial score (nSPS) is 17.8. The number of phenolic OH excluding ortho intramolecular Hbond substituents is 1. The number of fused-ring (bicyclic) bond motifs is 8. The van der Waals surface area contributed by atoms with Gasteiger partial charge in [0.05, 0.1) is 11.1 Å². The summed E-state index contributed by atoms with van der Waals surface area (Å²) in [7, 11) is 0. The van der Waals surface area contributed by atoms with Gasteiger partial charge in [-0.05, 0) is 38.1 Å². The maximum atomic E-state index is 13.0. The SMILES string of the molecule is CCN(CC)c1ccc2c(c1)Oc1c(cc(O)c3ccccc13)C21OC(=O)c2ccccc21. The second-order valence-corrected chi connectivity index (χ2v) is 8.39. The second kappa shape index (κ2) is 7.01. The lowest BCUT2D eigenvalue weighted by molar-refractivity contribution is 0.0224. The van der Waals surface area contributed by atoms with E-state index in [0.717, 1.165) is 35.3 Å². The third-order valence-corrected chi connectivity index (χ3v) is 6.81. The van der Waals surface area contributed by atoms with Crippen molar-refractivity contribution in [3.63, 3.8) is 0 Å². The molecule has 4 aromatic rings. The molecule has 2 aliphatic heterocycles. The van der Waals surface area contributed by atoms with Crippen LogP contribution in [0, 0.1) is 0 Å². The number of hydrogen-bond donors (Lipinski definition) is 1. The molecule has 164 valence electrons. The molecule has 1 unspecified atom stereocenters. The smallest absolute Gasteiger partial charge is 0.340 e. The summed E-state index contributed by atoms with van der Waals surface area (Å²) >= 11 is 0. The lowest BCUT2D eigenvalue weighted by Gasteiger charge is -2.37. The molecule has 0 fully saturated rings. The Balaban J connectivity index is 1.72. The fourth-order valence-electron chi connectivity index (χ4n) is 5.25. The minimum Gasteiger partial charge on any atom is -0.507 e. The van der Waals surface area contributed by atoms with E-state index >= 15 is 0 Å². The number of carbonyl (C=O) groups excluding carboxylic acids is 1. The fraction of sp³-hybridized carbons (Fsp3) is 0.179. The van der Waals surface area contributed by atoms with E-state index in [0.29, 0.717) is 28.0 Å². The van der Waals surface area contributed by atoms with Crippen LogP contribution in [0.2, 0.25) is 0 Å². The minimum absolute atomic E-state index is 0.121. The number of nitrogens with zero attached hydrogens (tertiary/aromatic N) is 1. The monoisotopic (exact) mass is 437 g/mol. The molecule has 6 rings (SSSR count). The van der Waals surface area contributed by atoms with Crippen molar-refractivity contribution >= 4 is 22.4 Å². The molecule has 5 nitrogen and oxygen atoms in total. The van der Waals surface area contributed by atoms with Crippen LogP contribution in [-0.2, 0) is 10.3 Å². The van der Waals surface area contributed by atoms with Gasteiger partial charge in [-0.3, -0.25) is 0 Å². The van der Waals surface area contributed by atoms with Crippen LogP contribution >= 0.6 is 0 Å². The number of carbonyl (C=O) groups is 1. The first kappa shape index (κ1) is 19.7. The lowest BCUT2D eigenvalue weighted by Crippen LogP contribution is -2.33. The molecule has 0 saturated heterocycles. The highest BCUT2D eigenvalue weighted by Gasteiger charge is 2.54. The minimum atomic E-state index is -1.19. The summed E-state index contributed by atoms with van der Waals surface area (Å²) in [5.41, 5.74) is 2.50. The molecule has 1 atom stereocenters. The number of hydrogen-bond acceptors (Lipinski definition) is 5. The van der Waals surface area contributed by atoms with Gasteiger partial charge in [-0.1, -0.05) is 42.5 Å². The van der Waals surface area contributed by atoms with E-state index in [4.69, 9.17) is 9.47 Å². The Hall–Kier alpha value is -3.99. The van der Waals surface area contributed by atoms with Gasteiger partial charge < -0.3 is 19.5 Å². The van der Waals surface area contributed by atoms with E-state index < -0.39 is 5.60 Å². The van der Waals surface area contributed by atoms with Crippen LogP contribution in [0.5, 0.6) is 17.2 Å². The number of phenols is 1. The summed E-state index contributed by atoms with van der Waals surface area (Å²) in [6.45, 7) is 5.97. The van der Waals surface area contributed by atoms with Crippen LogP contribution in [0.3, 0.4) is 0 Å². The van der Waals surface area contributed by atoms with Crippen molar-refractivity contribution in [1.82, 2.24) is 0 Å². The van der Waals surface area contributed by atoms with Crippen LogP contribution in [-0.4, -0.2) is 24.2 Å². The maximum Gasteiger partial charge on any atom is 0.340 e. The van der Waals surface area contributed by atoms with Gasteiger partial charge in [0.2, 0.25) is 0 Å². The zero-order chi connectivity index (χ0) is 22.7. The molecule has 1 spiro atoms. The third kappa shape index (κ3) is 2.56. The number of benzene rings is 4. The molecule has 0 aromatic heterocycles. The topological polar surface area (TPSA) is 59.0 Å². The molecule has 0 amide bonds. The number of aromatic hydroxyl groups is 1. The zero-order valence-corrected chi connectivity index (χ0v) is 18.5. The van der Waals surface area contributed by atoms with Crippen LogP contribution in [0.1, 0.15) is 40.9 Å². The first-order valence-corrected chi connectivity index (χ1v) is 11.2. The lowest BCUT2D eigenvalue weighted by atomic mass is 9.76. The van der Waals surface area contributed by atoms with Crippen molar-refractivity contribution in [1.29, 1.82) is 0 Å². The van der Waals surface area contributed by atoms with Crippen LogP contribution in [0.15, 0.2) is 72.8 Å². The Morgan fingerprint density at radius 2 is 1.58 bits per heavy atom. The van der Waals surface area contributed by atoms with E-state index in [2.05, 4.69) is 18.7 Å².